The second kappa shape index (κ2) is 3.72. The zero-order valence-electron chi connectivity index (χ0n) is 8.81. The van der Waals surface area contributed by atoms with E-state index in [4.69, 9.17) is 5.40 Å². The smallest absolute Gasteiger partial charge is 0.120 e. The molecule has 0 fully saturated rings. The van der Waals surface area contributed by atoms with Crippen LogP contribution in [-0.2, 0) is 0 Å². The van der Waals surface area contributed by atoms with Gasteiger partial charge in [-0.05, 0) is 17.4 Å². The lowest BCUT2D eigenvalue weighted by Gasteiger charge is -2.34. The molecule has 68 valence electrons. The minimum Gasteiger partial charge on any atom is -0.351 e. The third-order valence-electron chi connectivity index (χ3n) is 2.30. The molecule has 0 heterocycles. The van der Waals surface area contributed by atoms with Crippen molar-refractivity contribution in [2.45, 2.75) is 46.3 Å². The number of hydrogen-bond donors (Lipinski definition) is 1. The normalized spacial score (nSPS) is 13.6. The van der Waals surface area contributed by atoms with Gasteiger partial charge in [0.15, 0.2) is 0 Å². The summed E-state index contributed by atoms with van der Waals surface area (Å²) in [5, 5.41) is 6.22. The average molecular weight is 173 g/mol. The van der Waals surface area contributed by atoms with Crippen LogP contribution in [0.4, 0.5) is 0 Å². The van der Waals surface area contributed by atoms with Crippen LogP contribution in [0.25, 0.3) is 0 Å². The molecule has 11 heavy (non-hydrogen) atoms. The van der Waals surface area contributed by atoms with Crippen LogP contribution in [0.1, 0.15) is 27.7 Å². The molecule has 0 aliphatic rings. The fourth-order valence-electron chi connectivity index (χ4n) is 2.49. The fraction of sp³-hybridized carbons (Fsp3) is 1.00. The van der Waals surface area contributed by atoms with Crippen LogP contribution >= 0.6 is 0 Å². The van der Waals surface area contributed by atoms with Crippen molar-refractivity contribution in [1.29, 1.82) is 0 Å². The number of hydrogen-bond acceptors (Lipinski definition) is 1. The molecule has 0 saturated heterocycles. The summed E-state index contributed by atoms with van der Waals surface area (Å²) in [6.45, 7) is 13.7. The standard InChI is InChI=1S/C9H23NSi/c1-7(2)9(8(3)4)11(5,6)10/h7-9H,10H2,1-6H3. The Bertz CT molecular complexity index is 105. The highest BCUT2D eigenvalue weighted by molar-refractivity contribution is 6.75. The first-order chi connectivity index (χ1) is 4.76. The van der Waals surface area contributed by atoms with E-state index < -0.39 is 8.24 Å². The van der Waals surface area contributed by atoms with Crippen LogP contribution in [0.15, 0.2) is 0 Å². The quantitative estimate of drug-likeness (QED) is 0.653. The van der Waals surface area contributed by atoms with Gasteiger partial charge in [-0.3, -0.25) is 0 Å². The maximum absolute atomic E-state index is 6.22. The summed E-state index contributed by atoms with van der Waals surface area (Å²) in [4.78, 5) is 0. The van der Waals surface area contributed by atoms with Crippen molar-refractivity contribution in [3.8, 4) is 0 Å². The molecule has 0 rings (SSSR count). The van der Waals surface area contributed by atoms with Gasteiger partial charge in [0, 0.05) is 0 Å². The minimum absolute atomic E-state index is 0.738. The lowest BCUT2D eigenvalue weighted by Crippen LogP contribution is -2.47. The lowest BCUT2D eigenvalue weighted by atomic mass is 10.00. The maximum atomic E-state index is 6.22. The zero-order valence-corrected chi connectivity index (χ0v) is 9.81. The molecule has 0 aromatic rings. The molecule has 2 heteroatoms. The predicted molar refractivity (Wildman–Crippen MR) is 55.1 cm³/mol. The Labute approximate surface area is 72.5 Å². The largest absolute Gasteiger partial charge is 0.351 e. The Balaban J connectivity index is 4.35. The highest BCUT2D eigenvalue weighted by atomic mass is 28.3. The lowest BCUT2D eigenvalue weighted by molar-refractivity contribution is 0.452. The van der Waals surface area contributed by atoms with E-state index in [1.807, 2.05) is 0 Å². The molecule has 0 saturated carbocycles. The molecule has 2 N–H and O–H groups in total. The molecule has 0 unspecified atom stereocenters. The summed E-state index contributed by atoms with van der Waals surface area (Å²) in [6.07, 6.45) is 0. The molecule has 0 atom stereocenters. The topological polar surface area (TPSA) is 26.0 Å². The van der Waals surface area contributed by atoms with Crippen LogP contribution in [0.3, 0.4) is 0 Å². The summed E-state index contributed by atoms with van der Waals surface area (Å²) >= 11 is 0. The summed E-state index contributed by atoms with van der Waals surface area (Å²) in [7, 11) is -1.41. The van der Waals surface area contributed by atoms with Gasteiger partial charge in [0.1, 0.15) is 8.24 Å². The van der Waals surface area contributed by atoms with Gasteiger partial charge in [-0.1, -0.05) is 40.8 Å². The van der Waals surface area contributed by atoms with Gasteiger partial charge in [-0.15, -0.1) is 0 Å². The number of rotatable bonds is 3. The van der Waals surface area contributed by atoms with Crippen molar-refractivity contribution in [1.82, 2.24) is 0 Å². The van der Waals surface area contributed by atoms with Gasteiger partial charge in [-0.25, -0.2) is 0 Å². The molecule has 0 aliphatic heterocycles. The molecule has 0 aliphatic carbocycles. The van der Waals surface area contributed by atoms with E-state index >= 15 is 0 Å². The van der Waals surface area contributed by atoms with E-state index in [-0.39, 0.29) is 0 Å². The van der Waals surface area contributed by atoms with Crippen molar-refractivity contribution in [3.05, 3.63) is 0 Å². The average Bonchev–Trinajstić information content (AvgIpc) is 1.54. The van der Waals surface area contributed by atoms with E-state index in [2.05, 4.69) is 40.8 Å². The van der Waals surface area contributed by atoms with Crippen LogP contribution in [-0.4, -0.2) is 8.24 Å². The Morgan fingerprint density at radius 3 is 1.18 bits per heavy atom. The first-order valence-corrected chi connectivity index (χ1v) is 7.71. The summed E-state index contributed by atoms with van der Waals surface area (Å²) < 4.78 is 0. The first kappa shape index (κ1) is 11.2. The van der Waals surface area contributed by atoms with Crippen molar-refractivity contribution in [3.63, 3.8) is 0 Å². The Morgan fingerprint density at radius 2 is 1.18 bits per heavy atom. The van der Waals surface area contributed by atoms with Crippen LogP contribution < -0.4 is 5.40 Å². The van der Waals surface area contributed by atoms with Gasteiger partial charge in [0.2, 0.25) is 0 Å². The summed E-state index contributed by atoms with van der Waals surface area (Å²) in [5.74, 6) is 1.48. The Kier molecular flexibility index (Phi) is 3.78. The van der Waals surface area contributed by atoms with Gasteiger partial charge < -0.3 is 5.40 Å². The minimum atomic E-state index is -1.41. The second-order valence-corrected chi connectivity index (χ2v) is 9.14. The van der Waals surface area contributed by atoms with E-state index in [1.54, 1.807) is 0 Å². The third-order valence-corrected chi connectivity index (χ3v) is 5.35. The molecule has 1 nitrogen and oxygen atoms in total. The Hall–Kier alpha value is 0.177. The predicted octanol–water partition coefficient (Wildman–Crippen LogP) is 2.83. The SMILES string of the molecule is CC(C)C(C(C)C)[Si](C)(C)N. The van der Waals surface area contributed by atoms with E-state index in [9.17, 15) is 0 Å². The highest BCUT2D eigenvalue weighted by Crippen LogP contribution is 2.33. The maximum Gasteiger partial charge on any atom is 0.120 e. The monoisotopic (exact) mass is 173 g/mol. The molecular weight excluding hydrogens is 150 g/mol. The van der Waals surface area contributed by atoms with Gasteiger partial charge >= 0.3 is 0 Å². The zero-order chi connectivity index (χ0) is 9.23. The van der Waals surface area contributed by atoms with Gasteiger partial charge in [-0.2, -0.15) is 0 Å². The molecule has 0 aromatic heterocycles. The van der Waals surface area contributed by atoms with Crippen molar-refractivity contribution in [2.75, 3.05) is 0 Å². The molecule has 0 radical (unpaired) electrons. The van der Waals surface area contributed by atoms with Crippen molar-refractivity contribution in [2.24, 2.45) is 17.2 Å². The highest BCUT2D eigenvalue weighted by Gasteiger charge is 2.32. The van der Waals surface area contributed by atoms with Crippen molar-refractivity contribution >= 4 is 8.24 Å². The van der Waals surface area contributed by atoms with E-state index in [0.717, 1.165) is 17.4 Å². The van der Waals surface area contributed by atoms with Gasteiger partial charge in [0.25, 0.3) is 0 Å². The fourth-order valence-corrected chi connectivity index (χ4v) is 5.92. The molecule has 0 amide bonds. The van der Waals surface area contributed by atoms with Crippen molar-refractivity contribution < 1.29 is 0 Å². The molecule has 0 spiro atoms. The van der Waals surface area contributed by atoms with Crippen LogP contribution in [0.2, 0.25) is 18.6 Å². The third kappa shape index (κ3) is 3.39. The first-order valence-electron chi connectivity index (χ1n) is 4.55. The van der Waals surface area contributed by atoms with Crippen LogP contribution in [0, 0.1) is 11.8 Å². The molecule has 0 bridgehead atoms. The van der Waals surface area contributed by atoms with Crippen LogP contribution in [0.5, 0.6) is 0 Å². The Morgan fingerprint density at radius 1 is 0.909 bits per heavy atom. The van der Waals surface area contributed by atoms with E-state index in [0.29, 0.717) is 0 Å². The number of nitrogens with two attached hydrogens (primary N) is 1. The van der Waals surface area contributed by atoms with Gasteiger partial charge in [0.05, 0.1) is 0 Å². The second-order valence-electron chi connectivity index (χ2n) is 4.84. The summed E-state index contributed by atoms with van der Waals surface area (Å²) in [5.41, 5.74) is 0.752. The summed E-state index contributed by atoms with van der Waals surface area (Å²) in [6, 6.07) is 0. The molecule has 0 aromatic carbocycles. The molecular formula is C9H23NSi. The van der Waals surface area contributed by atoms with E-state index in [1.165, 1.54) is 0 Å².